The molecule has 5 heteroatoms. The Balaban J connectivity index is 2.31. The van der Waals surface area contributed by atoms with E-state index in [4.69, 9.17) is 0 Å². The molecule has 3 rings (SSSR count). The lowest BCUT2D eigenvalue weighted by Gasteiger charge is -2.22. The van der Waals surface area contributed by atoms with Gasteiger partial charge in [-0.3, -0.25) is 4.79 Å². The molecule has 0 spiro atoms. The van der Waals surface area contributed by atoms with Crippen molar-refractivity contribution in [1.29, 1.82) is 0 Å². The number of halogens is 2. The fourth-order valence-corrected chi connectivity index (χ4v) is 4.35. The molecule has 1 heterocycles. The van der Waals surface area contributed by atoms with Crippen LogP contribution in [-0.4, -0.2) is 12.0 Å². The van der Waals surface area contributed by atoms with Crippen LogP contribution in [0.3, 0.4) is 0 Å². The van der Waals surface area contributed by atoms with Gasteiger partial charge in [0.1, 0.15) is 0 Å². The van der Waals surface area contributed by atoms with Crippen molar-refractivity contribution in [3.63, 3.8) is 0 Å². The third kappa shape index (κ3) is 1.84. The highest BCUT2D eigenvalue weighted by Crippen LogP contribution is 2.47. The fraction of sp³-hybridized carbons (Fsp3) is 0.133. The monoisotopic (exact) mass is 308 g/mol. The van der Waals surface area contributed by atoms with E-state index in [0.29, 0.717) is 9.60 Å². The first kappa shape index (κ1) is 13.5. The first-order valence-corrected chi connectivity index (χ1v) is 7.97. The first-order valence-electron chi connectivity index (χ1n) is 5.92. The third-order valence-corrected chi connectivity index (χ3v) is 5.52. The quantitative estimate of drug-likeness (QED) is 0.743. The molecule has 0 saturated heterocycles. The highest BCUT2D eigenvalue weighted by molar-refractivity contribution is 8.00. The van der Waals surface area contributed by atoms with Crippen LogP contribution in [0.5, 0.6) is 0 Å². The SMILES string of the molecule is CSc1sc2ccccc2c1C1(F)C=CC=C(F)C1=O. The van der Waals surface area contributed by atoms with Gasteiger partial charge in [0, 0.05) is 15.6 Å². The van der Waals surface area contributed by atoms with E-state index in [0.717, 1.165) is 16.9 Å². The Labute approximate surface area is 123 Å². The average Bonchev–Trinajstić information content (AvgIpc) is 2.84. The van der Waals surface area contributed by atoms with Crippen LogP contribution < -0.4 is 0 Å². The van der Waals surface area contributed by atoms with Gasteiger partial charge >= 0.3 is 0 Å². The van der Waals surface area contributed by atoms with Gasteiger partial charge in [0.25, 0.3) is 0 Å². The molecule has 0 N–H and O–H groups in total. The van der Waals surface area contributed by atoms with Gasteiger partial charge in [-0.05, 0) is 24.5 Å². The lowest BCUT2D eigenvalue weighted by molar-refractivity contribution is -0.126. The van der Waals surface area contributed by atoms with Crippen molar-refractivity contribution in [3.8, 4) is 0 Å². The van der Waals surface area contributed by atoms with Crippen LogP contribution >= 0.6 is 23.1 Å². The second-order valence-corrected chi connectivity index (χ2v) is 6.51. The number of benzene rings is 1. The number of carbonyl (C=O) groups is 1. The number of ketones is 1. The summed E-state index contributed by atoms with van der Waals surface area (Å²) in [4.78, 5) is 12.0. The highest BCUT2D eigenvalue weighted by Gasteiger charge is 2.45. The van der Waals surface area contributed by atoms with Gasteiger partial charge in [0.15, 0.2) is 5.83 Å². The Bertz CT molecular complexity index is 760. The molecule has 1 aliphatic carbocycles. The van der Waals surface area contributed by atoms with Crippen LogP contribution in [0.4, 0.5) is 8.78 Å². The Kier molecular flexibility index (Phi) is 3.26. The first-order chi connectivity index (χ1) is 9.58. The van der Waals surface area contributed by atoms with Gasteiger partial charge in [-0.1, -0.05) is 24.3 Å². The molecule has 0 aliphatic heterocycles. The Hall–Kier alpha value is -1.46. The molecule has 0 bridgehead atoms. The minimum atomic E-state index is -2.42. The summed E-state index contributed by atoms with van der Waals surface area (Å²) in [6.07, 6.45) is 5.20. The Morgan fingerprint density at radius 1 is 1.30 bits per heavy atom. The van der Waals surface area contributed by atoms with Crippen molar-refractivity contribution < 1.29 is 13.6 Å². The third-order valence-electron chi connectivity index (χ3n) is 3.23. The molecule has 1 aliphatic rings. The number of hydrogen-bond acceptors (Lipinski definition) is 3. The van der Waals surface area contributed by atoms with E-state index >= 15 is 4.39 Å². The number of thiophene rings is 1. The van der Waals surface area contributed by atoms with Crippen LogP contribution in [0.1, 0.15) is 5.56 Å². The van der Waals surface area contributed by atoms with E-state index < -0.39 is 17.3 Å². The summed E-state index contributed by atoms with van der Waals surface area (Å²) in [5.41, 5.74) is -2.16. The zero-order chi connectivity index (χ0) is 14.3. The molecule has 2 aromatic rings. The van der Waals surface area contributed by atoms with Crippen LogP contribution in [-0.2, 0) is 10.5 Å². The maximum atomic E-state index is 15.2. The molecule has 0 radical (unpaired) electrons. The lowest BCUT2D eigenvalue weighted by Crippen LogP contribution is -2.31. The number of thioether (sulfide) groups is 1. The molecule has 102 valence electrons. The zero-order valence-corrected chi connectivity index (χ0v) is 12.2. The summed E-state index contributed by atoms with van der Waals surface area (Å²) in [7, 11) is 0. The average molecular weight is 308 g/mol. The smallest absolute Gasteiger partial charge is 0.236 e. The molecule has 1 aromatic carbocycles. The number of allylic oxidation sites excluding steroid dienone is 4. The molecule has 1 nitrogen and oxygen atoms in total. The van der Waals surface area contributed by atoms with Gasteiger partial charge in [-0.25, -0.2) is 8.78 Å². The standard InChI is InChI=1S/C15H10F2OS2/c1-19-14-12(9-5-2-3-7-11(9)20-14)15(17)8-4-6-10(16)13(15)18/h2-8H,1H3. The van der Waals surface area contributed by atoms with E-state index in [1.165, 1.54) is 29.2 Å². The molecular formula is C15H10F2OS2. The largest absolute Gasteiger partial charge is 0.287 e. The van der Waals surface area contributed by atoms with Crippen LogP contribution in [0.2, 0.25) is 0 Å². The second-order valence-electron chi connectivity index (χ2n) is 4.38. The van der Waals surface area contributed by atoms with Crippen molar-refractivity contribution >= 4 is 39.0 Å². The number of hydrogen-bond donors (Lipinski definition) is 0. The van der Waals surface area contributed by atoms with Crippen LogP contribution in [0.25, 0.3) is 10.1 Å². The van der Waals surface area contributed by atoms with E-state index in [-0.39, 0.29) is 5.56 Å². The van der Waals surface area contributed by atoms with E-state index in [1.54, 1.807) is 12.1 Å². The van der Waals surface area contributed by atoms with Crippen molar-refractivity contribution in [2.45, 2.75) is 9.88 Å². The van der Waals surface area contributed by atoms with E-state index in [9.17, 15) is 9.18 Å². The minimum absolute atomic E-state index is 0.259. The maximum Gasteiger partial charge on any atom is 0.236 e. The fourth-order valence-electron chi connectivity index (χ4n) is 2.30. The lowest BCUT2D eigenvalue weighted by atomic mass is 9.87. The number of fused-ring (bicyclic) bond motifs is 1. The molecule has 1 aromatic heterocycles. The van der Waals surface area contributed by atoms with E-state index in [2.05, 4.69) is 0 Å². The summed E-state index contributed by atoms with van der Waals surface area (Å²) in [6.45, 7) is 0. The van der Waals surface area contributed by atoms with Crippen molar-refractivity contribution in [3.05, 3.63) is 53.9 Å². The minimum Gasteiger partial charge on any atom is -0.287 e. The summed E-state index contributed by atoms with van der Waals surface area (Å²) < 4.78 is 30.3. The summed E-state index contributed by atoms with van der Waals surface area (Å²) in [5.74, 6) is -2.17. The molecule has 0 fully saturated rings. The van der Waals surface area contributed by atoms with Gasteiger partial charge in [0.05, 0.1) is 4.21 Å². The molecule has 0 saturated carbocycles. The second kappa shape index (κ2) is 4.82. The molecule has 0 amide bonds. The topological polar surface area (TPSA) is 17.1 Å². The van der Waals surface area contributed by atoms with Gasteiger partial charge in [0.2, 0.25) is 11.5 Å². The normalized spacial score (nSPS) is 22.4. The molecule has 1 unspecified atom stereocenters. The van der Waals surface area contributed by atoms with Crippen molar-refractivity contribution in [2.24, 2.45) is 0 Å². The number of carbonyl (C=O) groups excluding carboxylic acids is 1. The summed E-state index contributed by atoms with van der Waals surface area (Å²) in [5, 5.41) is 0.664. The van der Waals surface area contributed by atoms with E-state index in [1.807, 2.05) is 18.4 Å². The zero-order valence-electron chi connectivity index (χ0n) is 10.5. The van der Waals surface area contributed by atoms with Crippen LogP contribution in [0, 0.1) is 0 Å². The molecular weight excluding hydrogens is 298 g/mol. The predicted octanol–water partition coefficient (Wildman–Crippen LogP) is 4.78. The molecule has 1 atom stereocenters. The van der Waals surface area contributed by atoms with Crippen LogP contribution in [0.15, 0.2) is 52.5 Å². The summed E-state index contributed by atoms with van der Waals surface area (Å²) in [6, 6.07) is 7.28. The van der Waals surface area contributed by atoms with Crippen molar-refractivity contribution in [1.82, 2.24) is 0 Å². The van der Waals surface area contributed by atoms with Gasteiger partial charge in [-0.15, -0.1) is 23.1 Å². The van der Waals surface area contributed by atoms with Crippen molar-refractivity contribution in [2.75, 3.05) is 6.26 Å². The Morgan fingerprint density at radius 2 is 2.05 bits per heavy atom. The summed E-state index contributed by atoms with van der Waals surface area (Å²) >= 11 is 2.78. The van der Waals surface area contributed by atoms with Gasteiger partial charge in [-0.2, -0.15) is 0 Å². The van der Waals surface area contributed by atoms with Gasteiger partial charge < -0.3 is 0 Å². The number of Topliss-reactive ketones (excluding diaryl/α,β-unsaturated/α-hetero) is 1. The maximum absolute atomic E-state index is 15.2. The number of rotatable bonds is 2. The number of alkyl halides is 1. The molecule has 20 heavy (non-hydrogen) atoms. The predicted molar refractivity (Wildman–Crippen MR) is 79.7 cm³/mol. The Morgan fingerprint density at radius 3 is 2.80 bits per heavy atom. The highest BCUT2D eigenvalue weighted by atomic mass is 32.2.